The Balaban J connectivity index is 0.975. The quantitative estimate of drug-likeness (QED) is 0.0556. The van der Waals surface area contributed by atoms with Crippen LogP contribution in [0.4, 0.5) is 9.59 Å². The lowest BCUT2D eigenvalue weighted by Gasteiger charge is -2.32. The Bertz CT molecular complexity index is 2990. The van der Waals surface area contributed by atoms with Gasteiger partial charge in [0.1, 0.15) is 42.1 Å². The van der Waals surface area contributed by atoms with Crippen molar-refractivity contribution in [3.05, 3.63) is 102 Å². The number of rotatable bonds is 13. The number of carbonyl (C=O) groups is 5. The number of amides is 4. The SMILES string of the molecule is COC(=O)N[C@H](C(=O)N1[C@@H](C)CC[C@H]1c1nc2c(ccc3cc4c(cc32)OCc2cc(-c3cnc([C@@H]5C[C@H](COC(=O)[C@@H](N)C(C)C)CN5C(=O)[C@H](NC(=O)OC)c5ccccc5)[nH]3)ccc2-4)[nH]1)C(C)C. The number of H-pyrrole nitrogens is 2. The van der Waals surface area contributed by atoms with Gasteiger partial charge in [0.2, 0.25) is 5.91 Å². The maximum atomic E-state index is 14.6. The van der Waals surface area contributed by atoms with Crippen molar-refractivity contribution in [2.45, 2.75) is 96.7 Å². The molecule has 2 aromatic heterocycles. The highest BCUT2D eigenvalue weighted by atomic mass is 16.5. The van der Waals surface area contributed by atoms with Gasteiger partial charge in [-0.25, -0.2) is 19.6 Å². The highest BCUT2D eigenvalue weighted by molar-refractivity contribution is 6.07. The van der Waals surface area contributed by atoms with Crippen molar-refractivity contribution < 1.29 is 42.9 Å². The summed E-state index contributed by atoms with van der Waals surface area (Å²) in [6.45, 7) is 10.1. The second-order valence-electron chi connectivity index (χ2n) is 19.5. The van der Waals surface area contributed by atoms with Gasteiger partial charge in [-0.3, -0.25) is 14.4 Å². The maximum absolute atomic E-state index is 14.6. The summed E-state index contributed by atoms with van der Waals surface area (Å²) < 4.78 is 21.9. The number of imidazole rings is 2. The number of hydrogen-bond acceptors (Lipinski definition) is 12. The molecule has 0 radical (unpaired) electrons. The zero-order valence-electron chi connectivity index (χ0n) is 41.0. The first kappa shape index (κ1) is 48.5. The smallest absolute Gasteiger partial charge is 0.407 e. The van der Waals surface area contributed by atoms with Gasteiger partial charge in [0.05, 0.1) is 55.8 Å². The molecule has 18 heteroatoms. The topological polar surface area (TPSA) is 236 Å². The zero-order chi connectivity index (χ0) is 50.2. The third-order valence-electron chi connectivity index (χ3n) is 14.2. The Morgan fingerprint density at radius 2 is 1.61 bits per heavy atom. The summed E-state index contributed by atoms with van der Waals surface area (Å²) in [6.07, 6.45) is 2.30. The number of nitrogens with zero attached hydrogens (tertiary/aromatic N) is 4. The van der Waals surface area contributed by atoms with Crippen LogP contribution < -0.4 is 21.1 Å². The maximum Gasteiger partial charge on any atom is 0.407 e. The van der Waals surface area contributed by atoms with Crippen molar-refractivity contribution in [1.82, 2.24) is 40.4 Å². The minimum absolute atomic E-state index is 0.0496. The van der Waals surface area contributed by atoms with Crippen molar-refractivity contribution in [2.24, 2.45) is 23.5 Å². The predicted molar refractivity (Wildman–Crippen MR) is 264 cm³/mol. The summed E-state index contributed by atoms with van der Waals surface area (Å²) in [4.78, 5) is 86.6. The van der Waals surface area contributed by atoms with Crippen LogP contribution >= 0.6 is 0 Å². The molecule has 9 rings (SSSR count). The molecule has 3 aliphatic heterocycles. The number of methoxy groups -OCH3 is 2. The third kappa shape index (κ3) is 9.59. The van der Waals surface area contributed by atoms with Gasteiger partial charge < -0.3 is 55.1 Å². The summed E-state index contributed by atoms with van der Waals surface area (Å²) in [5.74, 6) is 0.426. The van der Waals surface area contributed by atoms with Crippen molar-refractivity contribution in [3.8, 4) is 28.1 Å². The number of nitrogens with one attached hydrogen (secondary N) is 4. The summed E-state index contributed by atoms with van der Waals surface area (Å²) in [5, 5.41) is 7.34. The largest absolute Gasteiger partial charge is 0.488 e. The number of carbonyl (C=O) groups excluding carboxylic acids is 5. The van der Waals surface area contributed by atoms with E-state index in [0.717, 1.165) is 68.3 Å². The lowest BCUT2D eigenvalue weighted by atomic mass is 9.92. The van der Waals surface area contributed by atoms with Crippen LogP contribution in [0.3, 0.4) is 0 Å². The molecule has 0 spiro atoms. The number of benzene rings is 4. The van der Waals surface area contributed by atoms with Crippen LogP contribution in [0.2, 0.25) is 0 Å². The molecule has 6 aromatic rings. The Hall–Kier alpha value is -7.47. The van der Waals surface area contributed by atoms with E-state index in [1.165, 1.54) is 14.2 Å². The first-order chi connectivity index (χ1) is 34.1. The molecule has 71 heavy (non-hydrogen) atoms. The van der Waals surface area contributed by atoms with E-state index in [2.05, 4.69) is 44.9 Å². The fourth-order valence-corrected chi connectivity index (χ4v) is 10.2. The van der Waals surface area contributed by atoms with Crippen LogP contribution in [0.15, 0.2) is 79.0 Å². The van der Waals surface area contributed by atoms with Crippen LogP contribution in [0.5, 0.6) is 5.75 Å². The summed E-state index contributed by atoms with van der Waals surface area (Å²) >= 11 is 0. The second kappa shape index (κ2) is 20.1. The minimum Gasteiger partial charge on any atom is -0.488 e. The molecule has 4 aromatic carbocycles. The Morgan fingerprint density at radius 3 is 2.34 bits per heavy atom. The van der Waals surface area contributed by atoms with Gasteiger partial charge in [0.25, 0.3) is 5.91 Å². The molecule has 0 bridgehead atoms. The van der Waals surface area contributed by atoms with E-state index < -0.39 is 42.3 Å². The van der Waals surface area contributed by atoms with E-state index in [1.54, 1.807) is 35.4 Å². The van der Waals surface area contributed by atoms with Crippen molar-refractivity contribution in [1.29, 1.82) is 0 Å². The van der Waals surface area contributed by atoms with Gasteiger partial charge in [-0.05, 0) is 89.9 Å². The minimum atomic E-state index is -1.05. The number of esters is 1. The fourth-order valence-electron chi connectivity index (χ4n) is 10.2. The second-order valence-corrected chi connectivity index (χ2v) is 19.5. The number of aromatic amines is 2. The molecule has 0 saturated carbocycles. The normalized spacial score (nSPS) is 19.7. The van der Waals surface area contributed by atoms with Crippen LogP contribution in [0.25, 0.3) is 44.2 Å². The lowest BCUT2D eigenvalue weighted by molar-refractivity contribution is -0.147. The van der Waals surface area contributed by atoms with Crippen LogP contribution in [-0.2, 0) is 35.2 Å². The molecule has 5 heterocycles. The van der Waals surface area contributed by atoms with E-state index in [4.69, 9.17) is 34.6 Å². The van der Waals surface area contributed by atoms with Crippen LogP contribution in [0, 0.1) is 17.8 Å². The highest BCUT2D eigenvalue weighted by Crippen LogP contribution is 2.44. The lowest BCUT2D eigenvalue weighted by Crippen LogP contribution is -2.52. The van der Waals surface area contributed by atoms with Gasteiger partial charge in [0.15, 0.2) is 0 Å². The predicted octanol–water partition coefficient (Wildman–Crippen LogP) is 7.61. The van der Waals surface area contributed by atoms with Gasteiger partial charge in [0, 0.05) is 29.5 Å². The number of likely N-dealkylation sites (tertiary alicyclic amines) is 2. The third-order valence-corrected chi connectivity index (χ3v) is 14.2. The molecule has 372 valence electrons. The summed E-state index contributed by atoms with van der Waals surface area (Å²) in [7, 11) is 2.53. The monoisotopic (exact) mass is 967 g/mol. The molecule has 2 saturated heterocycles. The van der Waals surface area contributed by atoms with E-state index >= 15 is 0 Å². The van der Waals surface area contributed by atoms with E-state index in [-0.39, 0.29) is 54.8 Å². The van der Waals surface area contributed by atoms with Crippen LogP contribution in [-0.4, -0.2) is 105 Å². The summed E-state index contributed by atoms with van der Waals surface area (Å²) in [6, 6.07) is 19.9. The Morgan fingerprint density at radius 1 is 0.845 bits per heavy atom. The van der Waals surface area contributed by atoms with Crippen LogP contribution in [0.1, 0.15) is 94.8 Å². The molecule has 3 aliphatic rings. The van der Waals surface area contributed by atoms with E-state index in [1.807, 2.05) is 63.8 Å². The molecular weight excluding hydrogens is 907 g/mol. The number of fused-ring (bicyclic) bond motifs is 6. The molecule has 0 unspecified atom stereocenters. The van der Waals surface area contributed by atoms with Gasteiger partial charge in [-0.1, -0.05) is 76.2 Å². The van der Waals surface area contributed by atoms with Gasteiger partial charge in [-0.2, -0.15) is 0 Å². The van der Waals surface area contributed by atoms with E-state index in [0.29, 0.717) is 30.2 Å². The molecule has 0 aliphatic carbocycles. The molecule has 2 fully saturated rings. The number of nitrogens with two attached hydrogens (primary N) is 1. The molecule has 18 nitrogen and oxygen atoms in total. The number of ether oxygens (including phenoxy) is 4. The molecule has 4 amide bonds. The zero-order valence-corrected chi connectivity index (χ0v) is 41.0. The average Bonchev–Trinajstić information content (AvgIpc) is 4.21. The molecule has 7 atom stereocenters. The first-order valence-corrected chi connectivity index (χ1v) is 24.2. The average molecular weight is 968 g/mol. The van der Waals surface area contributed by atoms with Gasteiger partial charge in [-0.15, -0.1) is 0 Å². The fraction of sp³-hybridized carbons (Fsp3) is 0.415. The number of aromatic nitrogens is 4. The van der Waals surface area contributed by atoms with E-state index in [9.17, 15) is 24.0 Å². The molecule has 6 N–H and O–H groups in total. The van der Waals surface area contributed by atoms with Crippen molar-refractivity contribution >= 4 is 51.8 Å². The number of alkyl carbamates (subject to hydrolysis) is 2. The highest BCUT2D eigenvalue weighted by Gasteiger charge is 2.43. The van der Waals surface area contributed by atoms with Gasteiger partial charge >= 0.3 is 18.2 Å². The van der Waals surface area contributed by atoms with Crippen molar-refractivity contribution in [3.63, 3.8) is 0 Å². The summed E-state index contributed by atoms with van der Waals surface area (Å²) in [5.41, 5.74) is 12.8. The molecular formula is C53H61N9O9. The Kier molecular flexibility index (Phi) is 13.7. The Labute approximate surface area is 411 Å². The first-order valence-electron chi connectivity index (χ1n) is 24.2. The van der Waals surface area contributed by atoms with Crippen molar-refractivity contribution in [2.75, 3.05) is 27.4 Å². The standard InChI is InChI=1S/C53H61N9O9/c1-27(2)43(54)51(65)71-25-30-19-41(61(24-30)49(63)45(60-53(67)69-7)31-11-9-8-10-12-31)47-55-23-39(57-47)33-14-16-35-34(20-33)26-70-42-22-36-32(21-37(35)42)15-17-38-46(36)58-48(56-38)40-18-13-29(5)62(40)50(64)44(28(3)4)59-52(66)68-6/h8-12,14-17,20-23,27-30,40-41,43-45H,13,18-19,24-26,54H2,1-7H3,(H,55,57)(H,56,58)(H,59,66)(H,60,67)/t29-,30-,40-,41-,43-,44-,45+/m0/s1. The number of hydrogen-bond donors (Lipinski definition) is 5.